The molecule has 0 saturated carbocycles. The first-order valence-corrected chi connectivity index (χ1v) is 7.94. The lowest BCUT2D eigenvalue weighted by Gasteiger charge is -2.23. The number of hydrogen-bond donors (Lipinski definition) is 1. The fourth-order valence-electron chi connectivity index (χ4n) is 2.81. The summed E-state index contributed by atoms with van der Waals surface area (Å²) in [5, 5.41) is 11.8. The lowest BCUT2D eigenvalue weighted by molar-refractivity contribution is 0.119. The zero-order valence-corrected chi connectivity index (χ0v) is 14.2. The second-order valence-corrected chi connectivity index (χ2v) is 6.84. The zero-order chi connectivity index (χ0) is 17.3. The number of aromatic nitrogens is 1. The van der Waals surface area contributed by atoms with Crippen LogP contribution >= 0.6 is 0 Å². The Hall–Kier alpha value is -2.93. The molecule has 4 nitrogen and oxygen atoms in total. The maximum absolute atomic E-state index is 9.46. The van der Waals surface area contributed by atoms with Gasteiger partial charge in [0.2, 0.25) is 5.88 Å². The van der Waals surface area contributed by atoms with Crippen molar-refractivity contribution in [1.29, 1.82) is 5.26 Å². The van der Waals surface area contributed by atoms with E-state index in [9.17, 15) is 5.26 Å². The number of ether oxygens (including phenoxy) is 1. The molecule has 122 valence electrons. The Morgan fingerprint density at radius 1 is 1.12 bits per heavy atom. The molecular formula is C20H21N3O. The Bertz CT molecular complexity index is 921. The van der Waals surface area contributed by atoms with Crippen molar-refractivity contribution >= 4 is 16.5 Å². The normalized spacial score (nSPS) is 11.4. The Morgan fingerprint density at radius 2 is 1.83 bits per heavy atom. The molecule has 2 N–H and O–H groups in total. The standard InChI is InChI=1S/C20H21N3O/c1-20(2,3)24-19-18(22)11-16(12-21)23(19)13-15-9-6-8-14-7-4-5-10-17(14)15/h4-11H,13,22H2,1-3H3. The summed E-state index contributed by atoms with van der Waals surface area (Å²) in [6.07, 6.45) is 0. The van der Waals surface area contributed by atoms with Gasteiger partial charge >= 0.3 is 0 Å². The van der Waals surface area contributed by atoms with Crippen molar-refractivity contribution in [2.45, 2.75) is 32.9 Å². The molecule has 0 unspecified atom stereocenters. The Labute approximate surface area is 142 Å². The van der Waals surface area contributed by atoms with Gasteiger partial charge in [-0.1, -0.05) is 42.5 Å². The number of nitriles is 1. The molecule has 4 heteroatoms. The molecule has 0 aliphatic carbocycles. The molecule has 1 aromatic heterocycles. The number of nitrogens with two attached hydrogens (primary N) is 1. The topological polar surface area (TPSA) is 64.0 Å². The van der Waals surface area contributed by atoms with E-state index in [0.717, 1.165) is 10.9 Å². The van der Waals surface area contributed by atoms with Crippen LogP contribution in [0.25, 0.3) is 10.8 Å². The number of nitrogens with zero attached hydrogens (tertiary/aromatic N) is 2. The summed E-state index contributed by atoms with van der Waals surface area (Å²) in [5.41, 5.74) is 7.81. The van der Waals surface area contributed by atoms with E-state index in [1.165, 1.54) is 5.39 Å². The van der Waals surface area contributed by atoms with Gasteiger partial charge in [0.1, 0.15) is 17.4 Å². The van der Waals surface area contributed by atoms with Crippen LogP contribution in [0.15, 0.2) is 48.5 Å². The molecule has 0 aliphatic heterocycles. The van der Waals surface area contributed by atoms with Gasteiger partial charge in [-0.3, -0.25) is 4.57 Å². The Morgan fingerprint density at radius 3 is 2.54 bits per heavy atom. The monoisotopic (exact) mass is 319 g/mol. The largest absolute Gasteiger partial charge is 0.472 e. The molecule has 0 aliphatic rings. The molecule has 0 spiro atoms. The summed E-state index contributed by atoms with van der Waals surface area (Å²) in [4.78, 5) is 0. The fraction of sp³-hybridized carbons (Fsp3) is 0.250. The lowest BCUT2D eigenvalue weighted by Crippen LogP contribution is -2.25. The summed E-state index contributed by atoms with van der Waals surface area (Å²) in [7, 11) is 0. The Kier molecular flexibility index (Phi) is 3.94. The number of hydrogen-bond acceptors (Lipinski definition) is 3. The van der Waals surface area contributed by atoms with Crippen molar-refractivity contribution in [1.82, 2.24) is 4.57 Å². The van der Waals surface area contributed by atoms with Crippen LogP contribution in [0.5, 0.6) is 5.88 Å². The molecule has 1 heterocycles. The predicted octanol–water partition coefficient (Wildman–Crippen LogP) is 4.32. The minimum absolute atomic E-state index is 0.393. The van der Waals surface area contributed by atoms with Crippen molar-refractivity contribution < 1.29 is 4.74 Å². The van der Waals surface area contributed by atoms with Gasteiger partial charge in [-0.05, 0) is 37.1 Å². The quantitative estimate of drug-likeness (QED) is 0.782. The van der Waals surface area contributed by atoms with E-state index in [2.05, 4.69) is 30.3 Å². The first-order chi connectivity index (χ1) is 11.4. The van der Waals surface area contributed by atoms with E-state index >= 15 is 0 Å². The van der Waals surface area contributed by atoms with Crippen molar-refractivity contribution in [3.63, 3.8) is 0 Å². The zero-order valence-electron chi connectivity index (χ0n) is 14.2. The molecular weight excluding hydrogens is 298 g/mol. The summed E-state index contributed by atoms with van der Waals surface area (Å²) in [6, 6.07) is 18.3. The minimum atomic E-state index is -0.393. The van der Waals surface area contributed by atoms with E-state index in [4.69, 9.17) is 10.5 Å². The summed E-state index contributed by atoms with van der Waals surface area (Å²) >= 11 is 0. The van der Waals surface area contributed by atoms with E-state index in [-0.39, 0.29) is 0 Å². The Balaban J connectivity index is 2.10. The van der Waals surface area contributed by atoms with Gasteiger partial charge < -0.3 is 10.5 Å². The molecule has 0 bridgehead atoms. The van der Waals surface area contributed by atoms with Crippen molar-refractivity contribution in [3.05, 3.63) is 59.8 Å². The predicted molar refractivity (Wildman–Crippen MR) is 97.0 cm³/mol. The second-order valence-electron chi connectivity index (χ2n) is 6.84. The summed E-state index contributed by atoms with van der Waals surface area (Å²) < 4.78 is 7.87. The summed E-state index contributed by atoms with van der Waals surface area (Å²) in [6.45, 7) is 6.43. The highest BCUT2D eigenvalue weighted by atomic mass is 16.5. The van der Waals surface area contributed by atoms with E-state index in [1.54, 1.807) is 6.07 Å². The van der Waals surface area contributed by atoms with Crippen LogP contribution in [0.2, 0.25) is 0 Å². The third kappa shape index (κ3) is 3.07. The molecule has 24 heavy (non-hydrogen) atoms. The van der Waals surface area contributed by atoms with E-state index in [0.29, 0.717) is 23.8 Å². The molecule has 0 amide bonds. The van der Waals surface area contributed by atoms with Crippen LogP contribution in [0.1, 0.15) is 32.0 Å². The first-order valence-electron chi connectivity index (χ1n) is 7.94. The van der Waals surface area contributed by atoms with Gasteiger partial charge in [-0.25, -0.2) is 0 Å². The maximum Gasteiger partial charge on any atom is 0.219 e. The highest BCUT2D eigenvalue weighted by Crippen LogP contribution is 2.31. The van der Waals surface area contributed by atoms with Crippen LogP contribution in [0.4, 0.5) is 5.69 Å². The van der Waals surface area contributed by atoms with Crippen LogP contribution < -0.4 is 10.5 Å². The van der Waals surface area contributed by atoms with Crippen LogP contribution in [-0.4, -0.2) is 10.2 Å². The third-order valence-corrected chi connectivity index (χ3v) is 3.80. The highest BCUT2D eigenvalue weighted by Gasteiger charge is 2.21. The third-order valence-electron chi connectivity index (χ3n) is 3.80. The number of benzene rings is 2. The fourth-order valence-corrected chi connectivity index (χ4v) is 2.81. The molecule has 0 atom stereocenters. The average molecular weight is 319 g/mol. The second kappa shape index (κ2) is 5.93. The van der Waals surface area contributed by atoms with Gasteiger partial charge in [0.05, 0.1) is 12.2 Å². The average Bonchev–Trinajstić information content (AvgIpc) is 2.82. The molecule has 3 rings (SSSR count). The van der Waals surface area contributed by atoms with Gasteiger partial charge in [0, 0.05) is 6.07 Å². The van der Waals surface area contributed by atoms with Crippen LogP contribution in [-0.2, 0) is 6.54 Å². The van der Waals surface area contributed by atoms with Gasteiger partial charge in [0.25, 0.3) is 0 Å². The molecule has 0 fully saturated rings. The van der Waals surface area contributed by atoms with Crippen LogP contribution in [0, 0.1) is 11.3 Å². The van der Waals surface area contributed by atoms with Gasteiger partial charge in [-0.15, -0.1) is 0 Å². The molecule has 0 saturated heterocycles. The minimum Gasteiger partial charge on any atom is -0.472 e. The number of nitrogen functional groups attached to an aromatic ring is 1. The highest BCUT2D eigenvalue weighted by molar-refractivity contribution is 5.85. The van der Waals surface area contributed by atoms with Gasteiger partial charge in [-0.2, -0.15) is 5.26 Å². The maximum atomic E-state index is 9.46. The van der Waals surface area contributed by atoms with E-state index in [1.807, 2.05) is 43.5 Å². The van der Waals surface area contributed by atoms with Crippen LogP contribution in [0.3, 0.4) is 0 Å². The molecule has 2 aromatic carbocycles. The number of rotatable bonds is 3. The SMILES string of the molecule is CC(C)(C)Oc1c(N)cc(C#N)n1Cc1cccc2ccccc12. The molecule has 0 radical (unpaired) electrons. The van der Waals surface area contributed by atoms with Crippen molar-refractivity contribution in [2.75, 3.05) is 5.73 Å². The first kappa shape index (κ1) is 15.9. The van der Waals surface area contributed by atoms with Crippen molar-refractivity contribution in [2.24, 2.45) is 0 Å². The smallest absolute Gasteiger partial charge is 0.219 e. The van der Waals surface area contributed by atoms with Gasteiger partial charge in [0.15, 0.2) is 0 Å². The molecule has 3 aromatic rings. The van der Waals surface area contributed by atoms with Crippen molar-refractivity contribution in [3.8, 4) is 11.9 Å². The lowest BCUT2D eigenvalue weighted by atomic mass is 10.0. The summed E-state index contributed by atoms with van der Waals surface area (Å²) in [5.74, 6) is 0.548. The number of anilines is 1. The number of fused-ring (bicyclic) bond motifs is 1. The van der Waals surface area contributed by atoms with E-state index < -0.39 is 5.60 Å².